The van der Waals surface area contributed by atoms with Crippen LogP contribution in [-0.2, 0) is 6.61 Å². The lowest BCUT2D eigenvalue weighted by Gasteiger charge is -2.25. The number of nitrogens with zero attached hydrogens (tertiary/aromatic N) is 3. The van der Waals surface area contributed by atoms with Crippen molar-refractivity contribution >= 4 is 5.78 Å². The molecule has 167 valence electrons. The third kappa shape index (κ3) is 3.58. The highest BCUT2D eigenvalue weighted by Crippen LogP contribution is 2.37. The van der Waals surface area contributed by atoms with Crippen LogP contribution in [0.4, 0.5) is 4.39 Å². The number of halogens is 1. The fraction of sp³-hybridized carbons (Fsp3) is 0.138. The maximum absolute atomic E-state index is 14.0. The maximum Gasteiger partial charge on any atom is 0.234 e. The molecule has 1 fully saturated rings. The fourth-order valence-electron chi connectivity index (χ4n) is 4.54. The third-order valence-corrected chi connectivity index (χ3v) is 6.62. The zero-order valence-corrected chi connectivity index (χ0v) is 18.6. The second kappa shape index (κ2) is 8.50. The van der Waals surface area contributed by atoms with E-state index in [0.29, 0.717) is 5.78 Å². The summed E-state index contributed by atoms with van der Waals surface area (Å²) < 4.78 is 15.9. The number of rotatable bonds is 5. The number of benzene rings is 3. The van der Waals surface area contributed by atoms with Crippen LogP contribution in [0.3, 0.4) is 0 Å². The fourth-order valence-corrected chi connectivity index (χ4v) is 4.54. The largest absolute Gasteiger partial charge is 0.392 e. The molecule has 2 aromatic heterocycles. The van der Waals surface area contributed by atoms with Gasteiger partial charge in [0.15, 0.2) is 0 Å². The molecular formula is C29H23FN3O. The van der Waals surface area contributed by atoms with Crippen molar-refractivity contribution in [1.29, 1.82) is 0 Å². The molecule has 1 radical (unpaired) electrons. The summed E-state index contributed by atoms with van der Waals surface area (Å²) in [5, 5.41) is 9.51. The van der Waals surface area contributed by atoms with Gasteiger partial charge in [-0.25, -0.2) is 14.4 Å². The summed E-state index contributed by atoms with van der Waals surface area (Å²) >= 11 is 0. The summed E-state index contributed by atoms with van der Waals surface area (Å²) in [7, 11) is 0. The van der Waals surface area contributed by atoms with Gasteiger partial charge in [-0.3, -0.25) is 4.40 Å². The van der Waals surface area contributed by atoms with E-state index in [1.54, 1.807) is 18.3 Å². The van der Waals surface area contributed by atoms with Gasteiger partial charge in [-0.05, 0) is 42.2 Å². The number of fused-ring (bicyclic) bond motifs is 1. The van der Waals surface area contributed by atoms with Gasteiger partial charge < -0.3 is 5.11 Å². The number of aliphatic hydroxyl groups excluding tert-OH is 1. The molecule has 6 rings (SSSR count). The van der Waals surface area contributed by atoms with Crippen LogP contribution in [0.25, 0.3) is 39.4 Å². The first-order chi connectivity index (χ1) is 16.7. The summed E-state index contributed by atoms with van der Waals surface area (Å²) in [5.41, 5.74) is 7.09. The predicted molar refractivity (Wildman–Crippen MR) is 131 cm³/mol. The van der Waals surface area contributed by atoms with Gasteiger partial charge in [-0.2, -0.15) is 0 Å². The van der Waals surface area contributed by atoms with Crippen LogP contribution in [0.1, 0.15) is 30.4 Å². The topological polar surface area (TPSA) is 50.4 Å². The standard InChI is InChI=1S/C29H23FN3O/c30-26-14-13-23(15-24(26)18-34)27-16-31-29-32-28(22-11-9-20(10-12-22)19-7-4-8-19)25(17-33(27)29)21-5-2-1-3-6-21/h1-3,5-6,9-17,34H,4,7-8,18H2. The minimum absolute atomic E-state index is 0.254. The quantitative estimate of drug-likeness (QED) is 0.335. The van der Waals surface area contributed by atoms with E-state index in [0.717, 1.165) is 33.6 Å². The zero-order chi connectivity index (χ0) is 23.1. The predicted octanol–water partition coefficient (Wildman–Crippen LogP) is 6.47. The normalized spacial score (nSPS) is 13.8. The minimum Gasteiger partial charge on any atom is -0.392 e. The van der Waals surface area contributed by atoms with E-state index in [2.05, 4.69) is 41.4 Å². The first kappa shape index (κ1) is 20.8. The van der Waals surface area contributed by atoms with Crippen molar-refractivity contribution < 1.29 is 9.50 Å². The van der Waals surface area contributed by atoms with Crippen molar-refractivity contribution in [2.45, 2.75) is 25.9 Å². The SMILES string of the molecule is OCc1cc(-c2cnc3nc(-c4ccc([C]5CCC5)cc4)c(-c4ccccc4)cn23)ccc1F. The second-order valence-electron chi connectivity index (χ2n) is 8.68. The molecule has 0 spiro atoms. The lowest BCUT2D eigenvalue weighted by molar-refractivity contribution is 0.276. The summed E-state index contributed by atoms with van der Waals surface area (Å²) in [4.78, 5) is 9.51. The van der Waals surface area contributed by atoms with E-state index < -0.39 is 5.82 Å². The molecule has 4 nitrogen and oxygen atoms in total. The average molecular weight is 449 g/mol. The van der Waals surface area contributed by atoms with Crippen molar-refractivity contribution in [2.75, 3.05) is 0 Å². The van der Waals surface area contributed by atoms with E-state index in [9.17, 15) is 9.50 Å². The molecule has 1 aliphatic carbocycles. The van der Waals surface area contributed by atoms with Crippen LogP contribution in [0.5, 0.6) is 0 Å². The van der Waals surface area contributed by atoms with Crippen LogP contribution in [-0.4, -0.2) is 19.5 Å². The summed E-state index contributed by atoms with van der Waals surface area (Å²) in [5.74, 6) is 1.67. The van der Waals surface area contributed by atoms with Crippen molar-refractivity contribution in [1.82, 2.24) is 14.4 Å². The van der Waals surface area contributed by atoms with Gasteiger partial charge in [0.1, 0.15) is 5.82 Å². The van der Waals surface area contributed by atoms with E-state index in [-0.39, 0.29) is 12.2 Å². The number of hydrogen-bond donors (Lipinski definition) is 1. The molecule has 1 N–H and O–H groups in total. The molecular weight excluding hydrogens is 425 g/mol. The van der Waals surface area contributed by atoms with Crippen LogP contribution in [0.15, 0.2) is 85.2 Å². The Hall–Kier alpha value is -3.83. The Morgan fingerprint density at radius 2 is 1.59 bits per heavy atom. The molecule has 5 heteroatoms. The van der Waals surface area contributed by atoms with Gasteiger partial charge >= 0.3 is 0 Å². The monoisotopic (exact) mass is 448 g/mol. The molecule has 1 aliphatic rings. The molecule has 0 amide bonds. The lowest BCUT2D eigenvalue weighted by Crippen LogP contribution is -2.09. The van der Waals surface area contributed by atoms with Crippen LogP contribution in [0.2, 0.25) is 0 Å². The average Bonchev–Trinajstić information content (AvgIpc) is 3.26. The smallest absolute Gasteiger partial charge is 0.234 e. The van der Waals surface area contributed by atoms with Gasteiger partial charge in [0.2, 0.25) is 5.78 Å². The number of hydrogen-bond acceptors (Lipinski definition) is 3. The Labute approximate surface area is 197 Å². The van der Waals surface area contributed by atoms with Crippen LogP contribution >= 0.6 is 0 Å². The van der Waals surface area contributed by atoms with Crippen molar-refractivity contribution in [3.05, 3.63) is 108 Å². The Bertz CT molecular complexity index is 1470. The molecule has 34 heavy (non-hydrogen) atoms. The van der Waals surface area contributed by atoms with Gasteiger partial charge in [0.25, 0.3) is 0 Å². The van der Waals surface area contributed by atoms with E-state index in [1.165, 1.54) is 36.8 Å². The molecule has 0 aliphatic heterocycles. The first-order valence-electron chi connectivity index (χ1n) is 11.5. The molecule has 0 atom stereocenters. The van der Waals surface area contributed by atoms with Gasteiger partial charge in [0.05, 0.1) is 24.2 Å². The summed E-state index contributed by atoms with van der Waals surface area (Å²) in [6.07, 6.45) is 7.45. The van der Waals surface area contributed by atoms with Gasteiger partial charge in [0, 0.05) is 34.4 Å². The van der Waals surface area contributed by atoms with Crippen LogP contribution in [0, 0.1) is 11.7 Å². The number of aliphatic hydroxyl groups is 1. The molecule has 5 aromatic rings. The number of imidazole rings is 1. The summed E-state index contributed by atoms with van der Waals surface area (Å²) in [6, 6.07) is 23.6. The Morgan fingerprint density at radius 3 is 2.29 bits per heavy atom. The first-order valence-corrected chi connectivity index (χ1v) is 11.5. The summed E-state index contributed by atoms with van der Waals surface area (Å²) in [6.45, 7) is -0.358. The molecule has 2 heterocycles. The van der Waals surface area contributed by atoms with Gasteiger partial charge in [-0.15, -0.1) is 0 Å². The van der Waals surface area contributed by atoms with E-state index in [1.807, 2.05) is 28.8 Å². The second-order valence-corrected chi connectivity index (χ2v) is 8.68. The highest BCUT2D eigenvalue weighted by molar-refractivity contribution is 5.82. The lowest BCUT2D eigenvalue weighted by atomic mass is 9.80. The highest BCUT2D eigenvalue weighted by Gasteiger charge is 2.21. The van der Waals surface area contributed by atoms with Crippen molar-refractivity contribution in [3.8, 4) is 33.6 Å². The molecule has 3 aromatic carbocycles. The molecule has 0 bridgehead atoms. The zero-order valence-electron chi connectivity index (χ0n) is 18.6. The molecule has 0 saturated heterocycles. The Kier molecular flexibility index (Phi) is 5.19. The Balaban J connectivity index is 1.51. The maximum atomic E-state index is 14.0. The van der Waals surface area contributed by atoms with Gasteiger partial charge in [-0.1, -0.05) is 61.0 Å². The highest BCUT2D eigenvalue weighted by atomic mass is 19.1. The molecule has 0 unspecified atom stereocenters. The van der Waals surface area contributed by atoms with Crippen molar-refractivity contribution in [3.63, 3.8) is 0 Å². The van der Waals surface area contributed by atoms with E-state index in [4.69, 9.17) is 4.98 Å². The minimum atomic E-state index is -0.422. The third-order valence-electron chi connectivity index (χ3n) is 6.62. The van der Waals surface area contributed by atoms with Crippen molar-refractivity contribution in [2.24, 2.45) is 0 Å². The molecule has 1 saturated carbocycles. The van der Waals surface area contributed by atoms with Crippen LogP contribution < -0.4 is 0 Å². The number of aromatic nitrogens is 3. The van der Waals surface area contributed by atoms with E-state index >= 15 is 0 Å². The Morgan fingerprint density at radius 1 is 0.853 bits per heavy atom.